The molecule has 0 aliphatic rings. The van der Waals surface area contributed by atoms with Crippen molar-refractivity contribution >= 4 is 33.2 Å². The highest BCUT2D eigenvalue weighted by Gasteiger charge is 2.07. The van der Waals surface area contributed by atoms with Crippen LogP contribution in [0.5, 0.6) is 0 Å². The van der Waals surface area contributed by atoms with Crippen LogP contribution in [0.4, 0.5) is 5.69 Å². The van der Waals surface area contributed by atoms with Gasteiger partial charge in [0.05, 0.1) is 34.0 Å². The first kappa shape index (κ1) is 13.4. The summed E-state index contributed by atoms with van der Waals surface area (Å²) in [5.41, 5.74) is 1.82. The molecule has 1 aromatic heterocycles. The van der Waals surface area contributed by atoms with E-state index in [4.69, 9.17) is 11.6 Å². The van der Waals surface area contributed by atoms with Gasteiger partial charge >= 0.3 is 0 Å². The maximum atomic E-state index is 9.46. The molecule has 0 saturated heterocycles. The lowest BCUT2D eigenvalue weighted by Crippen LogP contribution is -2.21. The van der Waals surface area contributed by atoms with Gasteiger partial charge in [0.25, 0.3) is 0 Å². The molecule has 6 heteroatoms. The lowest BCUT2D eigenvalue weighted by molar-refractivity contribution is 0.211. The number of alkyl halides is 1. The Labute approximate surface area is 119 Å². The van der Waals surface area contributed by atoms with Crippen LogP contribution in [-0.2, 0) is 0 Å². The van der Waals surface area contributed by atoms with Gasteiger partial charge in [-0.05, 0) is 28.1 Å². The zero-order valence-electron chi connectivity index (χ0n) is 9.55. The minimum absolute atomic E-state index is 0.211. The fourth-order valence-electron chi connectivity index (χ4n) is 1.54. The Morgan fingerprint density at radius 2 is 2.22 bits per heavy atom. The molecular formula is C12H13BrClN3O. The van der Waals surface area contributed by atoms with Gasteiger partial charge in [-0.2, -0.15) is 5.10 Å². The number of hydrogen-bond donors (Lipinski definition) is 2. The summed E-state index contributed by atoms with van der Waals surface area (Å²) in [7, 11) is 0. The molecule has 96 valence electrons. The number of nitrogens with zero attached hydrogens (tertiary/aromatic N) is 2. The monoisotopic (exact) mass is 329 g/mol. The van der Waals surface area contributed by atoms with Gasteiger partial charge in [0.15, 0.2) is 0 Å². The van der Waals surface area contributed by atoms with Crippen LogP contribution in [0.15, 0.2) is 41.1 Å². The fraction of sp³-hybridized carbons (Fsp3) is 0.250. The summed E-state index contributed by atoms with van der Waals surface area (Å²) in [4.78, 5) is 0. The van der Waals surface area contributed by atoms with E-state index in [-0.39, 0.29) is 5.88 Å². The van der Waals surface area contributed by atoms with E-state index in [0.717, 1.165) is 15.8 Å². The summed E-state index contributed by atoms with van der Waals surface area (Å²) in [5.74, 6) is 0.211. The lowest BCUT2D eigenvalue weighted by Gasteiger charge is -2.13. The summed E-state index contributed by atoms with van der Waals surface area (Å²) in [6.45, 7) is 0.406. The highest BCUT2D eigenvalue weighted by Crippen LogP contribution is 2.20. The average Bonchev–Trinajstić information content (AvgIpc) is 2.83. The number of aliphatic hydroxyl groups is 1. The van der Waals surface area contributed by atoms with Gasteiger partial charge in [-0.15, -0.1) is 11.6 Å². The molecule has 2 rings (SSSR count). The van der Waals surface area contributed by atoms with Crippen LogP contribution < -0.4 is 5.32 Å². The maximum absolute atomic E-state index is 9.46. The van der Waals surface area contributed by atoms with E-state index in [2.05, 4.69) is 26.3 Å². The standard InChI is InChI=1S/C12H13BrClN3O/c13-9-6-16-17(8-9)12-4-2-1-3-11(12)15-7-10(18)5-14/h1-4,6,8,10,15,18H,5,7H2. The van der Waals surface area contributed by atoms with Crippen molar-refractivity contribution in [1.29, 1.82) is 0 Å². The highest BCUT2D eigenvalue weighted by atomic mass is 79.9. The maximum Gasteiger partial charge on any atom is 0.0877 e. The smallest absolute Gasteiger partial charge is 0.0877 e. The first-order valence-corrected chi connectivity index (χ1v) is 6.81. The van der Waals surface area contributed by atoms with Crippen LogP contribution in [0.1, 0.15) is 0 Å². The average molecular weight is 331 g/mol. The molecule has 0 saturated carbocycles. The minimum atomic E-state index is -0.566. The van der Waals surface area contributed by atoms with Gasteiger partial charge in [0.1, 0.15) is 0 Å². The van der Waals surface area contributed by atoms with Crippen LogP contribution >= 0.6 is 27.5 Å². The summed E-state index contributed by atoms with van der Waals surface area (Å²) in [6, 6.07) is 7.76. The zero-order valence-corrected chi connectivity index (χ0v) is 11.9. The number of anilines is 1. The first-order valence-electron chi connectivity index (χ1n) is 5.48. The molecule has 2 N–H and O–H groups in total. The third-order valence-electron chi connectivity index (χ3n) is 2.41. The van der Waals surface area contributed by atoms with Gasteiger partial charge < -0.3 is 10.4 Å². The molecular weight excluding hydrogens is 318 g/mol. The third-order valence-corrected chi connectivity index (χ3v) is 3.17. The number of halogens is 2. The van der Waals surface area contributed by atoms with E-state index >= 15 is 0 Å². The van der Waals surface area contributed by atoms with Crippen molar-refractivity contribution in [2.45, 2.75) is 6.10 Å². The second-order valence-corrected chi connectivity index (χ2v) is 5.03. The largest absolute Gasteiger partial charge is 0.390 e. The van der Waals surface area contributed by atoms with E-state index in [0.29, 0.717) is 6.54 Å². The Bertz CT molecular complexity index is 518. The Morgan fingerprint density at radius 1 is 1.44 bits per heavy atom. The Hall–Kier alpha value is -1.04. The molecule has 0 bridgehead atoms. The van der Waals surface area contributed by atoms with Crippen LogP contribution in [0.25, 0.3) is 5.69 Å². The molecule has 4 nitrogen and oxygen atoms in total. The third kappa shape index (κ3) is 3.25. The highest BCUT2D eigenvalue weighted by molar-refractivity contribution is 9.10. The summed E-state index contributed by atoms with van der Waals surface area (Å²) in [5, 5.41) is 16.9. The van der Waals surface area contributed by atoms with Crippen molar-refractivity contribution in [3.63, 3.8) is 0 Å². The number of aliphatic hydroxyl groups excluding tert-OH is 1. The molecule has 1 unspecified atom stereocenters. The Kier molecular flexibility index (Phi) is 4.63. The van der Waals surface area contributed by atoms with Gasteiger partial charge in [-0.1, -0.05) is 12.1 Å². The second kappa shape index (κ2) is 6.22. The van der Waals surface area contributed by atoms with Gasteiger partial charge in [-0.3, -0.25) is 0 Å². The van der Waals surface area contributed by atoms with E-state index in [1.54, 1.807) is 10.9 Å². The number of nitrogens with one attached hydrogen (secondary N) is 1. The number of benzene rings is 1. The fourth-order valence-corrected chi connectivity index (χ4v) is 1.93. The molecule has 1 aromatic carbocycles. The summed E-state index contributed by atoms with van der Waals surface area (Å²) in [6.07, 6.45) is 3.03. The van der Waals surface area contributed by atoms with E-state index in [9.17, 15) is 5.11 Å². The van der Waals surface area contributed by atoms with E-state index in [1.165, 1.54) is 0 Å². The molecule has 18 heavy (non-hydrogen) atoms. The quantitative estimate of drug-likeness (QED) is 0.829. The number of hydrogen-bond acceptors (Lipinski definition) is 3. The van der Waals surface area contributed by atoms with Crippen LogP contribution in [0.2, 0.25) is 0 Å². The number of aromatic nitrogens is 2. The van der Waals surface area contributed by atoms with Crippen molar-refractivity contribution in [1.82, 2.24) is 9.78 Å². The zero-order chi connectivity index (χ0) is 13.0. The van der Waals surface area contributed by atoms with E-state index < -0.39 is 6.10 Å². The molecule has 0 aliphatic carbocycles. The number of rotatable bonds is 5. The second-order valence-electron chi connectivity index (χ2n) is 3.81. The number of para-hydroxylation sites is 2. The molecule has 0 fully saturated rings. The molecule has 1 heterocycles. The van der Waals surface area contributed by atoms with Crippen molar-refractivity contribution in [3.05, 3.63) is 41.1 Å². The molecule has 1 atom stereocenters. The predicted molar refractivity (Wildman–Crippen MR) is 76.5 cm³/mol. The first-order chi connectivity index (χ1) is 8.70. The SMILES string of the molecule is OC(CCl)CNc1ccccc1-n1cc(Br)cn1. The lowest BCUT2D eigenvalue weighted by atomic mass is 10.2. The Morgan fingerprint density at radius 3 is 2.89 bits per heavy atom. The van der Waals surface area contributed by atoms with Gasteiger partial charge in [0, 0.05) is 12.7 Å². The van der Waals surface area contributed by atoms with Crippen molar-refractivity contribution < 1.29 is 5.11 Å². The van der Waals surface area contributed by atoms with Crippen LogP contribution in [0, 0.1) is 0 Å². The molecule has 0 radical (unpaired) electrons. The van der Waals surface area contributed by atoms with Crippen molar-refractivity contribution in [2.75, 3.05) is 17.7 Å². The van der Waals surface area contributed by atoms with Crippen LogP contribution in [-0.4, -0.2) is 33.4 Å². The predicted octanol–water partition coefficient (Wildman–Crippen LogP) is 2.65. The minimum Gasteiger partial charge on any atom is -0.390 e. The normalized spacial score (nSPS) is 12.4. The summed E-state index contributed by atoms with van der Waals surface area (Å²) < 4.78 is 2.68. The Balaban J connectivity index is 2.20. The topological polar surface area (TPSA) is 50.1 Å². The molecule has 0 spiro atoms. The van der Waals surface area contributed by atoms with Gasteiger partial charge in [-0.25, -0.2) is 4.68 Å². The van der Waals surface area contributed by atoms with Crippen molar-refractivity contribution in [2.24, 2.45) is 0 Å². The molecule has 0 amide bonds. The van der Waals surface area contributed by atoms with E-state index in [1.807, 2.05) is 30.5 Å². The molecule has 0 aliphatic heterocycles. The van der Waals surface area contributed by atoms with Gasteiger partial charge in [0.2, 0.25) is 0 Å². The van der Waals surface area contributed by atoms with Crippen molar-refractivity contribution in [3.8, 4) is 5.69 Å². The van der Waals surface area contributed by atoms with Crippen LogP contribution in [0.3, 0.4) is 0 Å². The summed E-state index contributed by atoms with van der Waals surface area (Å²) >= 11 is 8.93. The molecule has 2 aromatic rings.